The van der Waals surface area contributed by atoms with Crippen LogP contribution >= 0.6 is 0 Å². The van der Waals surface area contributed by atoms with Crippen LogP contribution in [0.15, 0.2) is 54.6 Å². The molecule has 2 aromatic carbocycles. The van der Waals surface area contributed by atoms with Gasteiger partial charge >= 0.3 is 8.56 Å². The molecule has 0 spiro atoms. The van der Waals surface area contributed by atoms with Crippen LogP contribution in [0.5, 0.6) is 0 Å². The summed E-state index contributed by atoms with van der Waals surface area (Å²) in [6.07, 6.45) is 0. The molecular weight excluding hydrogens is 393 g/mol. The van der Waals surface area contributed by atoms with E-state index in [1.54, 1.807) is 0 Å². The first-order valence-electron chi connectivity index (χ1n) is 10.4. The summed E-state index contributed by atoms with van der Waals surface area (Å²) in [7, 11) is -6.55. The highest BCUT2D eigenvalue weighted by Gasteiger charge is 2.49. The largest absolute Gasteiger partial charge is 0.437 e. The standard InChI is InChI=1S/C23H38O2Si3/c1-19(2)22-17-13-14-18-23(22)28(20(3)4,21-15-11-10-12-16-21)25-27(8,9)24-26(5,6)7/h10-20H,1-9H3. The molecule has 0 fully saturated rings. The van der Waals surface area contributed by atoms with Crippen molar-refractivity contribution in [2.45, 2.75) is 71.9 Å². The Morgan fingerprint density at radius 1 is 0.679 bits per heavy atom. The van der Waals surface area contributed by atoms with E-state index in [2.05, 4.69) is 115 Å². The third kappa shape index (κ3) is 5.33. The van der Waals surface area contributed by atoms with Crippen molar-refractivity contribution in [3.63, 3.8) is 0 Å². The molecule has 0 aromatic heterocycles. The molecule has 1 atom stereocenters. The van der Waals surface area contributed by atoms with Crippen LogP contribution in [0.25, 0.3) is 0 Å². The van der Waals surface area contributed by atoms with Gasteiger partial charge in [-0.1, -0.05) is 82.3 Å². The molecule has 5 heteroatoms. The van der Waals surface area contributed by atoms with Gasteiger partial charge in [-0.2, -0.15) is 0 Å². The predicted molar refractivity (Wildman–Crippen MR) is 130 cm³/mol. The topological polar surface area (TPSA) is 18.5 Å². The van der Waals surface area contributed by atoms with Crippen LogP contribution in [0.1, 0.15) is 39.2 Å². The molecule has 0 aliphatic carbocycles. The molecule has 2 aromatic rings. The monoisotopic (exact) mass is 430 g/mol. The molecule has 0 radical (unpaired) electrons. The lowest BCUT2D eigenvalue weighted by Crippen LogP contribution is -2.69. The van der Waals surface area contributed by atoms with Gasteiger partial charge in [-0.3, -0.25) is 0 Å². The van der Waals surface area contributed by atoms with E-state index in [9.17, 15) is 0 Å². The summed E-state index contributed by atoms with van der Waals surface area (Å²) in [5.74, 6) is 0.455. The van der Waals surface area contributed by atoms with Gasteiger partial charge in [0.15, 0.2) is 8.32 Å². The molecule has 0 aliphatic rings. The fourth-order valence-corrected chi connectivity index (χ4v) is 19.0. The fraction of sp³-hybridized carbons (Fsp3) is 0.478. The van der Waals surface area contributed by atoms with E-state index in [0.29, 0.717) is 11.5 Å². The summed E-state index contributed by atoms with van der Waals surface area (Å²) >= 11 is 0. The second-order valence-corrected chi connectivity index (χ2v) is 22.1. The van der Waals surface area contributed by atoms with Gasteiger partial charge < -0.3 is 8.23 Å². The molecular formula is C23H38O2Si3. The molecule has 2 rings (SSSR count). The van der Waals surface area contributed by atoms with E-state index in [0.717, 1.165) is 0 Å². The minimum Gasteiger partial charge on any atom is -0.437 e. The minimum absolute atomic E-state index is 0.395. The summed E-state index contributed by atoms with van der Waals surface area (Å²) in [4.78, 5) is 0. The lowest BCUT2D eigenvalue weighted by atomic mass is 10.0. The lowest BCUT2D eigenvalue weighted by molar-refractivity contribution is 0.393. The first-order chi connectivity index (χ1) is 12.9. The molecule has 2 nitrogen and oxygen atoms in total. The molecule has 0 saturated heterocycles. The van der Waals surface area contributed by atoms with Crippen molar-refractivity contribution in [1.82, 2.24) is 0 Å². The van der Waals surface area contributed by atoms with Crippen LogP contribution in [-0.4, -0.2) is 25.2 Å². The molecule has 0 amide bonds. The molecule has 28 heavy (non-hydrogen) atoms. The Balaban J connectivity index is 2.75. The first-order valence-corrected chi connectivity index (χ1v) is 18.7. The van der Waals surface area contributed by atoms with Crippen LogP contribution in [0.3, 0.4) is 0 Å². The van der Waals surface area contributed by atoms with Crippen LogP contribution in [0.4, 0.5) is 0 Å². The average molecular weight is 431 g/mol. The molecule has 0 N–H and O–H groups in total. The average Bonchev–Trinajstić information content (AvgIpc) is 2.58. The summed E-state index contributed by atoms with van der Waals surface area (Å²) < 4.78 is 14.0. The molecule has 0 aliphatic heterocycles. The van der Waals surface area contributed by atoms with Crippen molar-refractivity contribution in [1.29, 1.82) is 0 Å². The summed E-state index contributed by atoms with van der Waals surface area (Å²) in [6, 6.07) is 19.8. The molecule has 0 heterocycles. The maximum atomic E-state index is 7.32. The van der Waals surface area contributed by atoms with Crippen molar-refractivity contribution >= 4 is 35.6 Å². The third-order valence-corrected chi connectivity index (χ3v) is 16.7. The lowest BCUT2D eigenvalue weighted by Gasteiger charge is -2.44. The molecule has 154 valence electrons. The summed E-state index contributed by atoms with van der Waals surface area (Å²) in [5, 5.41) is 2.75. The SMILES string of the molecule is CC(C)c1ccccc1[Si](O[Si](C)(C)O[Si](C)(C)C)(c1ccccc1)C(C)C. The van der Waals surface area contributed by atoms with E-state index in [-0.39, 0.29) is 0 Å². The second-order valence-electron chi connectivity index (χ2n) is 9.71. The Hall–Kier alpha value is -0.989. The highest BCUT2D eigenvalue weighted by atomic mass is 28.5. The number of hydrogen-bond donors (Lipinski definition) is 0. The van der Waals surface area contributed by atoms with Crippen molar-refractivity contribution in [2.75, 3.05) is 0 Å². The highest BCUT2D eigenvalue weighted by molar-refractivity contribution is 7.03. The Labute approximate surface area is 175 Å². The maximum Gasteiger partial charge on any atom is 0.311 e. The number of benzene rings is 2. The van der Waals surface area contributed by atoms with Gasteiger partial charge in [0.2, 0.25) is 8.32 Å². The smallest absolute Gasteiger partial charge is 0.311 e. The van der Waals surface area contributed by atoms with Gasteiger partial charge in [0.1, 0.15) is 0 Å². The molecule has 1 unspecified atom stereocenters. The van der Waals surface area contributed by atoms with Gasteiger partial charge in [0.25, 0.3) is 0 Å². The zero-order chi connectivity index (χ0) is 21.2. The quantitative estimate of drug-likeness (QED) is 0.489. The van der Waals surface area contributed by atoms with E-state index in [1.165, 1.54) is 15.9 Å². The van der Waals surface area contributed by atoms with Gasteiger partial charge in [-0.15, -0.1) is 0 Å². The van der Waals surface area contributed by atoms with Crippen LogP contribution < -0.4 is 10.4 Å². The Morgan fingerprint density at radius 3 is 1.71 bits per heavy atom. The van der Waals surface area contributed by atoms with Crippen molar-refractivity contribution in [2.24, 2.45) is 0 Å². The Bertz CT molecular complexity index is 767. The van der Waals surface area contributed by atoms with Crippen LogP contribution in [0, 0.1) is 0 Å². The minimum atomic E-state index is -2.51. The van der Waals surface area contributed by atoms with Crippen LogP contribution in [0.2, 0.25) is 38.3 Å². The van der Waals surface area contributed by atoms with Crippen molar-refractivity contribution in [3.05, 3.63) is 60.2 Å². The number of hydrogen-bond acceptors (Lipinski definition) is 2. The Kier molecular flexibility index (Phi) is 7.32. The Morgan fingerprint density at radius 2 is 1.21 bits per heavy atom. The highest BCUT2D eigenvalue weighted by Crippen LogP contribution is 2.30. The van der Waals surface area contributed by atoms with E-state index in [4.69, 9.17) is 8.23 Å². The number of rotatable bonds is 8. The zero-order valence-electron chi connectivity index (χ0n) is 19.2. The first kappa shape index (κ1) is 23.3. The zero-order valence-corrected chi connectivity index (χ0v) is 22.2. The van der Waals surface area contributed by atoms with Gasteiger partial charge in [0, 0.05) is 0 Å². The van der Waals surface area contributed by atoms with Gasteiger partial charge in [-0.25, -0.2) is 0 Å². The van der Waals surface area contributed by atoms with Crippen LogP contribution in [-0.2, 0) is 8.23 Å². The second kappa shape index (κ2) is 8.80. The van der Waals surface area contributed by atoms with Gasteiger partial charge in [-0.05, 0) is 60.1 Å². The summed E-state index contributed by atoms with van der Waals surface area (Å²) in [6.45, 7) is 20.5. The molecule has 0 saturated carbocycles. The normalized spacial score (nSPS) is 15.1. The fourth-order valence-electron chi connectivity index (χ4n) is 4.20. The van der Waals surface area contributed by atoms with Gasteiger partial charge in [0.05, 0.1) is 0 Å². The third-order valence-electron chi connectivity index (χ3n) is 4.96. The van der Waals surface area contributed by atoms with Crippen molar-refractivity contribution < 1.29 is 8.23 Å². The maximum absolute atomic E-state index is 7.32. The summed E-state index contributed by atoms with van der Waals surface area (Å²) in [5.41, 5.74) is 1.80. The molecule has 0 bridgehead atoms. The van der Waals surface area contributed by atoms with E-state index < -0.39 is 25.2 Å². The predicted octanol–water partition coefficient (Wildman–Crippen LogP) is 5.85. The van der Waals surface area contributed by atoms with E-state index >= 15 is 0 Å². The van der Waals surface area contributed by atoms with Crippen molar-refractivity contribution in [3.8, 4) is 0 Å². The van der Waals surface area contributed by atoms with E-state index in [1.807, 2.05) is 0 Å².